The van der Waals surface area contributed by atoms with Crippen LogP contribution in [0.4, 0.5) is 0 Å². The maximum absolute atomic E-state index is 11.1. The quantitative estimate of drug-likeness (QED) is 0.404. The smallest absolute Gasteiger partial charge is 0.217 e. The van der Waals surface area contributed by atoms with Crippen LogP contribution >= 0.6 is 24.0 Å². The van der Waals surface area contributed by atoms with Crippen LogP contribution < -0.4 is 15.8 Å². The Kier molecular flexibility index (Phi) is 8.80. The third-order valence-electron chi connectivity index (χ3n) is 3.98. The number of hydrogen-bond acceptors (Lipinski definition) is 4. The molecular formula is C16H26IN5O2. The lowest BCUT2D eigenvalue weighted by Gasteiger charge is -2.34. The molecule has 2 rings (SSSR count). The van der Waals surface area contributed by atoms with Gasteiger partial charge in [0.05, 0.1) is 7.11 Å². The number of carbonyl (C=O) groups excluding carboxylic acids is 1. The van der Waals surface area contributed by atoms with Gasteiger partial charge < -0.3 is 20.7 Å². The van der Waals surface area contributed by atoms with E-state index in [0.717, 1.165) is 37.5 Å². The Morgan fingerprint density at radius 1 is 1.54 bits per heavy atom. The molecular weight excluding hydrogens is 421 g/mol. The van der Waals surface area contributed by atoms with Crippen molar-refractivity contribution in [2.24, 2.45) is 16.6 Å². The number of nitrogens with zero attached hydrogens (tertiary/aromatic N) is 3. The summed E-state index contributed by atoms with van der Waals surface area (Å²) in [6, 6.07) is 3.81. The molecule has 8 heteroatoms. The van der Waals surface area contributed by atoms with Crippen LogP contribution in [0.15, 0.2) is 23.3 Å². The Morgan fingerprint density at radius 3 is 2.92 bits per heavy atom. The van der Waals surface area contributed by atoms with Gasteiger partial charge in [0.15, 0.2) is 5.96 Å². The fraction of sp³-hybridized carbons (Fsp3) is 0.562. The number of nitrogens with two attached hydrogens (primary N) is 1. The number of hydrogen-bond donors (Lipinski definition) is 2. The number of aromatic nitrogens is 1. The van der Waals surface area contributed by atoms with Crippen LogP contribution in [0.3, 0.4) is 0 Å². The van der Waals surface area contributed by atoms with E-state index in [2.05, 4.69) is 20.2 Å². The normalized spacial score (nSPS) is 17.8. The van der Waals surface area contributed by atoms with E-state index in [-0.39, 0.29) is 29.9 Å². The van der Waals surface area contributed by atoms with Crippen molar-refractivity contribution in [3.8, 4) is 5.88 Å². The predicted octanol–water partition coefficient (Wildman–Crippen LogP) is 1.37. The summed E-state index contributed by atoms with van der Waals surface area (Å²) in [6.45, 7) is 2.39. The van der Waals surface area contributed by atoms with E-state index in [1.807, 2.05) is 12.1 Å². The molecule has 1 aliphatic rings. The van der Waals surface area contributed by atoms with Gasteiger partial charge in [0.2, 0.25) is 11.8 Å². The first-order valence-electron chi connectivity index (χ1n) is 7.85. The maximum Gasteiger partial charge on any atom is 0.217 e. The first kappa shape index (κ1) is 20.5. The summed E-state index contributed by atoms with van der Waals surface area (Å²) in [7, 11) is 3.37. The number of aliphatic imine (C=N–C) groups is 1. The molecule has 0 bridgehead atoms. The molecule has 0 radical (unpaired) electrons. The maximum atomic E-state index is 11.1. The van der Waals surface area contributed by atoms with Gasteiger partial charge in [-0.15, -0.1) is 24.0 Å². The van der Waals surface area contributed by atoms with Gasteiger partial charge in [0.1, 0.15) is 0 Å². The van der Waals surface area contributed by atoms with Crippen LogP contribution in [0, 0.1) is 5.92 Å². The van der Waals surface area contributed by atoms with Gasteiger partial charge in [-0.3, -0.25) is 9.79 Å². The summed E-state index contributed by atoms with van der Waals surface area (Å²) in [5.74, 6) is 1.52. The van der Waals surface area contributed by atoms with Gasteiger partial charge in [0, 0.05) is 45.4 Å². The van der Waals surface area contributed by atoms with E-state index in [1.54, 1.807) is 20.4 Å². The van der Waals surface area contributed by atoms with E-state index < -0.39 is 0 Å². The standard InChI is InChI=1S/C16H25N5O2.HI/c1-18-16(20-10-13-5-6-15(23-2)19-9-13)21-7-3-4-12(11-21)8-14(17)22;/h5-6,9,12H,3-4,7-8,10-11H2,1-2H3,(H2,17,22)(H,18,20);1H. The molecule has 1 aromatic rings. The Hall–Kier alpha value is -1.58. The molecule has 0 aromatic carbocycles. The average Bonchev–Trinajstić information content (AvgIpc) is 2.56. The molecule has 2 heterocycles. The number of pyridine rings is 1. The third-order valence-corrected chi connectivity index (χ3v) is 3.98. The molecule has 1 amide bonds. The van der Waals surface area contributed by atoms with Crippen molar-refractivity contribution in [1.29, 1.82) is 0 Å². The number of rotatable bonds is 5. The van der Waals surface area contributed by atoms with Gasteiger partial charge in [-0.1, -0.05) is 6.07 Å². The van der Waals surface area contributed by atoms with E-state index in [1.165, 1.54) is 0 Å². The zero-order valence-corrected chi connectivity index (χ0v) is 16.5. The molecule has 1 atom stereocenters. The minimum absolute atomic E-state index is 0. The van der Waals surface area contributed by atoms with Crippen molar-refractivity contribution in [3.05, 3.63) is 23.9 Å². The monoisotopic (exact) mass is 447 g/mol. The van der Waals surface area contributed by atoms with Gasteiger partial charge >= 0.3 is 0 Å². The number of ether oxygens (including phenoxy) is 1. The van der Waals surface area contributed by atoms with Gasteiger partial charge in [0.25, 0.3) is 0 Å². The Morgan fingerprint density at radius 2 is 2.33 bits per heavy atom. The molecule has 0 spiro atoms. The topological polar surface area (TPSA) is 92.8 Å². The fourth-order valence-corrected chi connectivity index (χ4v) is 2.86. The second-order valence-electron chi connectivity index (χ2n) is 5.73. The van der Waals surface area contributed by atoms with Crippen molar-refractivity contribution in [1.82, 2.24) is 15.2 Å². The molecule has 1 saturated heterocycles. The van der Waals surface area contributed by atoms with Crippen molar-refractivity contribution in [2.75, 3.05) is 27.2 Å². The second kappa shape index (κ2) is 10.3. The molecule has 1 aliphatic heterocycles. The summed E-state index contributed by atoms with van der Waals surface area (Å²) in [6.07, 6.45) is 4.31. The van der Waals surface area contributed by atoms with Crippen molar-refractivity contribution in [2.45, 2.75) is 25.8 Å². The summed E-state index contributed by atoms with van der Waals surface area (Å²) in [5, 5.41) is 3.35. The predicted molar refractivity (Wildman–Crippen MR) is 105 cm³/mol. The lowest BCUT2D eigenvalue weighted by Crippen LogP contribution is -2.46. The highest BCUT2D eigenvalue weighted by molar-refractivity contribution is 14.0. The number of nitrogens with one attached hydrogen (secondary N) is 1. The number of carbonyl (C=O) groups is 1. The number of methoxy groups -OCH3 is 1. The highest BCUT2D eigenvalue weighted by Gasteiger charge is 2.23. The van der Waals surface area contributed by atoms with Crippen LogP contribution in [0.1, 0.15) is 24.8 Å². The zero-order valence-electron chi connectivity index (χ0n) is 14.2. The number of amides is 1. The number of likely N-dealkylation sites (tertiary alicyclic amines) is 1. The lowest BCUT2D eigenvalue weighted by atomic mass is 9.95. The van der Waals surface area contributed by atoms with Crippen LogP contribution in [-0.4, -0.2) is 49.0 Å². The summed E-state index contributed by atoms with van der Waals surface area (Å²) < 4.78 is 5.05. The minimum Gasteiger partial charge on any atom is -0.481 e. The van der Waals surface area contributed by atoms with Crippen molar-refractivity contribution < 1.29 is 9.53 Å². The number of primary amides is 1. The second-order valence-corrected chi connectivity index (χ2v) is 5.73. The van der Waals surface area contributed by atoms with Gasteiger partial charge in [-0.25, -0.2) is 4.98 Å². The largest absolute Gasteiger partial charge is 0.481 e. The van der Waals surface area contributed by atoms with Gasteiger partial charge in [-0.05, 0) is 24.3 Å². The van der Waals surface area contributed by atoms with E-state index in [9.17, 15) is 4.79 Å². The van der Waals surface area contributed by atoms with E-state index >= 15 is 0 Å². The SMILES string of the molecule is CN=C(NCc1ccc(OC)nc1)N1CCCC(CC(N)=O)C1.I. The number of guanidine groups is 1. The molecule has 7 nitrogen and oxygen atoms in total. The lowest BCUT2D eigenvalue weighted by molar-refractivity contribution is -0.119. The highest BCUT2D eigenvalue weighted by Crippen LogP contribution is 2.19. The Bertz CT molecular complexity index is 550. The van der Waals surface area contributed by atoms with E-state index in [4.69, 9.17) is 10.5 Å². The number of piperidine rings is 1. The Labute approximate surface area is 160 Å². The summed E-state index contributed by atoms with van der Waals surface area (Å²) in [4.78, 5) is 21.8. The molecule has 1 unspecified atom stereocenters. The van der Waals surface area contributed by atoms with Crippen LogP contribution in [-0.2, 0) is 11.3 Å². The first-order chi connectivity index (χ1) is 11.1. The minimum atomic E-state index is -0.232. The molecule has 3 N–H and O–H groups in total. The van der Waals surface area contributed by atoms with Crippen LogP contribution in [0.2, 0.25) is 0 Å². The van der Waals surface area contributed by atoms with Crippen molar-refractivity contribution in [3.63, 3.8) is 0 Å². The molecule has 1 aromatic heterocycles. The average molecular weight is 447 g/mol. The van der Waals surface area contributed by atoms with Crippen LogP contribution in [0.25, 0.3) is 0 Å². The molecule has 0 aliphatic carbocycles. The first-order valence-corrected chi connectivity index (χ1v) is 7.85. The molecule has 0 saturated carbocycles. The number of halogens is 1. The van der Waals surface area contributed by atoms with Gasteiger partial charge in [-0.2, -0.15) is 0 Å². The van der Waals surface area contributed by atoms with E-state index in [0.29, 0.717) is 24.8 Å². The highest BCUT2D eigenvalue weighted by atomic mass is 127. The molecule has 24 heavy (non-hydrogen) atoms. The molecule has 1 fully saturated rings. The van der Waals surface area contributed by atoms with Crippen LogP contribution in [0.5, 0.6) is 5.88 Å². The molecule has 134 valence electrons. The third kappa shape index (κ3) is 6.14. The summed E-state index contributed by atoms with van der Waals surface area (Å²) in [5.41, 5.74) is 6.37. The zero-order chi connectivity index (χ0) is 16.7. The fourth-order valence-electron chi connectivity index (χ4n) is 2.86. The summed E-state index contributed by atoms with van der Waals surface area (Å²) >= 11 is 0. The Balaban J connectivity index is 0.00000288. The van der Waals surface area contributed by atoms with Crippen molar-refractivity contribution >= 4 is 35.8 Å².